The fraction of sp³-hybridized carbons (Fsp3) is 0.812. The highest BCUT2D eigenvalue weighted by molar-refractivity contribution is 5.79. The largest absolute Gasteiger partial charge is 0.354 e. The third-order valence-corrected chi connectivity index (χ3v) is 4.70. The Morgan fingerprint density at radius 3 is 2.55 bits per heavy atom. The van der Waals surface area contributed by atoms with Crippen molar-refractivity contribution in [2.24, 2.45) is 18.0 Å². The molecule has 1 aliphatic carbocycles. The van der Waals surface area contributed by atoms with Crippen LogP contribution < -0.4 is 10.6 Å². The average molecular weight is 306 g/mol. The van der Waals surface area contributed by atoms with Gasteiger partial charge in [-0.05, 0) is 38.5 Å². The standard InChI is InChI=1S/C16H30N6/c1-5-6-13-7-9-14(10-8-13)19-16(17-3)18-11-15-21-20-12(2)22(15)4/h13-14H,5-11H2,1-4H3,(H2,17,18,19). The quantitative estimate of drug-likeness (QED) is 0.646. The van der Waals surface area contributed by atoms with E-state index in [4.69, 9.17) is 0 Å². The van der Waals surface area contributed by atoms with Crippen LogP contribution in [0.1, 0.15) is 57.1 Å². The van der Waals surface area contributed by atoms with Gasteiger partial charge in [0.25, 0.3) is 0 Å². The van der Waals surface area contributed by atoms with Gasteiger partial charge in [-0.1, -0.05) is 19.8 Å². The van der Waals surface area contributed by atoms with Crippen LogP contribution in [0.5, 0.6) is 0 Å². The first kappa shape index (κ1) is 16.8. The van der Waals surface area contributed by atoms with E-state index in [-0.39, 0.29) is 0 Å². The van der Waals surface area contributed by atoms with Crippen LogP contribution in [0.2, 0.25) is 0 Å². The van der Waals surface area contributed by atoms with Gasteiger partial charge in [0.15, 0.2) is 11.8 Å². The Morgan fingerprint density at radius 2 is 2.00 bits per heavy atom. The minimum absolute atomic E-state index is 0.542. The van der Waals surface area contributed by atoms with Gasteiger partial charge in [0.1, 0.15) is 5.82 Å². The molecule has 6 nitrogen and oxygen atoms in total. The molecule has 0 radical (unpaired) electrons. The molecule has 1 heterocycles. The summed E-state index contributed by atoms with van der Waals surface area (Å²) < 4.78 is 2.00. The number of aromatic nitrogens is 3. The van der Waals surface area contributed by atoms with Crippen molar-refractivity contribution in [1.29, 1.82) is 0 Å². The molecule has 22 heavy (non-hydrogen) atoms. The lowest BCUT2D eigenvalue weighted by Crippen LogP contribution is -2.44. The molecule has 1 saturated carbocycles. The molecule has 0 amide bonds. The molecule has 0 atom stereocenters. The molecule has 2 N–H and O–H groups in total. The van der Waals surface area contributed by atoms with E-state index in [0.717, 1.165) is 23.5 Å². The van der Waals surface area contributed by atoms with E-state index in [1.54, 1.807) is 0 Å². The zero-order valence-electron chi connectivity index (χ0n) is 14.4. The molecule has 1 aliphatic rings. The van der Waals surface area contributed by atoms with Crippen molar-refractivity contribution in [2.75, 3.05) is 7.05 Å². The number of nitrogens with zero attached hydrogens (tertiary/aromatic N) is 4. The molecule has 124 valence electrons. The highest BCUT2D eigenvalue weighted by atomic mass is 15.3. The van der Waals surface area contributed by atoms with Crippen LogP contribution in [0.3, 0.4) is 0 Å². The molecule has 0 saturated heterocycles. The monoisotopic (exact) mass is 306 g/mol. The van der Waals surface area contributed by atoms with Gasteiger partial charge in [-0.3, -0.25) is 4.99 Å². The number of hydrogen-bond acceptors (Lipinski definition) is 3. The molecule has 2 rings (SSSR count). The summed E-state index contributed by atoms with van der Waals surface area (Å²) in [5.41, 5.74) is 0. The Hall–Kier alpha value is -1.59. The van der Waals surface area contributed by atoms with Gasteiger partial charge in [0.05, 0.1) is 6.54 Å². The predicted octanol–water partition coefficient (Wildman–Crippen LogP) is 2.15. The third-order valence-electron chi connectivity index (χ3n) is 4.70. The number of nitrogens with one attached hydrogen (secondary N) is 2. The van der Waals surface area contributed by atoms with E-state index < -0.39 is 0 Å². The second kappa shape index (κ2) is 8.15. The number of aryl methyl sites for hydroxylation is 1. The fourth-order valence-corrected chi connectivity index (χ4v) is 3.16. The third kappa shape index (κ3) is 4.45. The molecule has 1 fully saturated rings. The van der Waals surface area contributed by atoms with Crippen LogP contribution in [-0.2, 0) is 13.6 Å². The van der Waals surface area contributed by atoms with Crippen LogP contribution in [-0.4, -0.2) is 33.8 Å². The second-order valence-electron chi connectivity index (χ2n) is 6.30. The molecular formula is C16H30N6. The molecular weight excluding hydrogens is 276 g/mol. The van der Waals surface area contributed by atoms with Gasteiger partial charge in [-0.15, -0.1) is 10.2 Å². The van der Waals surface area contributed by atoms with Crippen LogP contribution in [0, 0.1) is 12.8 Å². The lowest BCUT2D eigenvalue weighted by molar-refractivity contribution is 0.295. The summed E-state index contributed by atoms with van der Waals surface area (Å²) >= 11 is 0. The second-order valence-corrected chi connectivity index (χ2v) is 6.30. The van der Waals surface area contributed by atoms with Crippen molar-refractivity contribution >= 4 is 5.96 Å². The topological polar surface area (TPSA) is 67.1 Å². The van der Waals surface area contributed by atoms with Crippen LogP contribution >= 0.6 is 0 Å². The number of guanidine groups is 1. The lowest BCUT2D eigenvalue weighted by atomic mass is 9.83. The first-order chi connectivity index (χ1) is 10.6. The summed E-state index contributed by atoms with van der Waals surface area (Å²) in [6.45, 7) is 4.88. The molecule has 6 heteroatoms. The summed E-state index contributed by atoms with van der Waals surface area (Å²) in [5.74, 6) is 3.64. The van der Waals surface area contributed by atoms with Crippen LogP contribution in [0.25, 0.3) is 0 Å². The molecule has 0 aromatic carbocycles. The van der Waals surface area contributed by atoms with Gasteiger partial charge in [0.2, 0.25) is 0 Å². The van der Waals surface area contributed by atoms with Crippen molar-refractivity contribution in [3.63, 3.8) is 0 Å². The highest BCUT2D eigenvalue weighted by Crippen LogP contribution is 2.27. The lowest BCUT2D eigenvalue weighted by Gasteiger charge is -2.30. The summed E-state index contributed by atoms with van der Waals surface area (Å²) in [7, 11) is 3.80. The SMILES string of the molecule is CCCC1CCC(NC(=NC)NCc2nnc(C)n2C)CC1. The average Bonchev–Trinajstić information content (AvgIpc) is 2.85. The fourth-order valence-electron chi connectivity index (χ4n) is 3.16. The van der Waals surface area contributed by atoms with Crippen LogP contribution in [0.15, 0.2) is 4.99 Å². The Morgan fingerprint density at radius 1 is 1.27 bits per heavy atom. The first-order valence-electron chi connectivity index (χ1n) is 8.46. The first-order valence-corrected chi connectivity index (χ1v) is 8.46. The Labute approximate surface area is 133 Å². The molecule has 0 aliphatic heterocycles. The summed E-state index contributed by atoms with van der Waals surface area (Å²) in [6, 6.07) is 0.542. The molecule has 0 unspecified atom stereocenters. The van der Waals surface area contributed by atoms with E-state index in [9.17, 15) is 0 Å². The number of hydrogen-bond donors (Lipinski definition) is 2. The molecule has 1 aromatic rings. The predicted molar refractivity (Wildman–Crippen MR) is 89.7 cm³/mol. The van der Waals surface area contributed by atoms with Gasteiger partial charge >= 0.3 is 0 Å². The van der Waals surface area contributed by atoms with Crippen molar-refractivity contribution in [2.45, 2.75) is 65.0 Å². The Balaban J connectivity index is 1.77. The normalized spacial score (nSPS) is 22.6. The summed E-state index contributed by atoms with van der Waals surface area (Å²) in [5, 5.41) is 15.1. The van der Waals surface area contributed by atoms with Gasteiger partial charge in [-0.2, -0.15) is 0 Å². The minimum atomic E-state index is 0.542. The number of aliphatic imine (C=N–C) groups is 1. The summed E-state index contributed by atoms with van der Waals surface area (Å²) in [6.07, 6.45) is 7.85. The Kier molecular flexibility index (Phi) is 6.21. The zero-order chi connectivity index (χ0) is 15.9. The number of rotatable bonds is 5. The van der Waals surface area contributed by atoms with Gasteiger partial charge in [0, 0.05) is 20.1 Å². The van der Waals surface area contributed by atoms with E-state index >= 15 is 0 Å². The maximum Gasteiger partial charge on any atom is 0.191 e. The smallest absolute Gasteiger partial charge is 0.191 e. The maximum atomic E-state index is 4.33. The molecule has 0 bridgehead atoms. The van der Waals surface area contributed by atoms with E-state index in [0.29, 0.717) is 12.6 Å². The van der Waals surface area contributed by atoms with Crippen molar-refractivity contribution < 1.29 is 0 Å². The van der Waals surface area contributed by atoms with E-state index in [1.165, 1.54) is 38.5 Å². The van der Waals surface area contributed by atoms with Gasteiger partial charge in [-0.25, -0.2) is 0 Å². The van der Waals surface area contributed by atoms with Crippen molar-refractivity contribution in [3.8, 4) is 0 Å². The van der Waals surface area contributed by atoms with Crippen LogP contribution in [0.4, 0.5) is 0 Å². The van der Waals surface area contributed by atoms with Gasteiger partial charge < -0.3 is 15.2 Å². The Bertz CT molecular complexity index is 485. The van der Waals surface area contributed by atoms with E-state index in [2.05, 4.69) is 32.7 Å². The van der Waals surface area contributed by atoms with Crippen molar-refractivity contribution in [3.05, 3.63) is 11.6 Å². The maximum absolute atomic E-state index is 4.33. The molecule has 1 aromatic heterocycles. The molecule has 0 spiro atoms. The summed E-state index contributed by atoms with van der Waals surface area (Å²) in [4.78, 5) is 4.33. The highest BCUT2D eigenvalue weighted by Gasteiger charge is 2.21. The van der Waals surface area contributed by atoms with Crippen molar-refractivity contribution in [1.82, 2.24) is 25.4 Å². The van der Waals surface area contributed by atoms with E-state index in [1.807, 2.05) is 25.6 Å². The zero-order valence-corrected chi connectivity index (χ0v) is 14.4. The minimum Gasteiger partial charge on any atom is -0.354 e.